The molecule has 0 aliphatic rings. The van der Waals surface area contributed by atoms with Gasteiger partial charge >= 0.3 is 0 Å². The van der Waals surface area contributed by atoms with Gasteiger partial charge in [0.2, 0.25) is 0 Å². The number of hydrogen-bond acceptors (Lipinski definition) is 5. The van der Waals surface area contributed by atoms with Gasteiger partial charge in [-0.25, -0.2) is 0 Å². The van der Waals surface area contributed by atoms with Crippen molar-refractivity contribution in [1.82, 2.24) is 5.32 Å². The molecule has 110 valence electrons. The molecule has 0 saturated carbocycles. The maximum atomic E-state index is 9.33. The zero-order valence-corrected chi connectivity index (χ0v) is 12.0. The lowest BCUT2D eigenvalue weighted by Crippen LogP contribution is -2.49. The van der Waals surface area contributed by atoms with Crippen molar-refractivity contribution in [2.75, 3.05) is 20.3 Å². The molecular weight excluding hydrogens is 258 g/mol. The molecule has 0 radical (unpaired) electrons. The normalized spacial score (nSPS) is 13.7. The van der Waals surface area contributed by atoms with E-state index in [4.69, 9.17) is 9.15 Å². The average Bonchev–Trinajstić information content (AvgIpc) is 2.91. The van der Waals surface area contributed by atoms with E-state index in [2.05, 4.69) is 5.32 Å². The third kappa shape index (κ3) is 2.80. The Balaban J connectivity index is 2.29. The number of rotatable bonds is 6. The van der Waals surface area contributed by atoms with E-state index in [1.807, 2.05) is 31.2 Å². The van der Waals surface area contributed by atoms with Gasteiger partial charge in [-0.2, -0.15) is 0 Å². The summed E-state index contributed by atoms with van der Waals surface area (Å²) in [4.78, 5) is 0. The summed E-state index contributed by atoms with van der Waals surface area (Å²) in [5.41, 5.74) is -0.0454. The van der Waals surface area contributed by atoms with Crippen molar-refractivity contribution in [2.24, 2.45) is 0 Å². The van der Waals surface area contributed by atoms with Gasteiger partial charge in [0.15, 0.2) is 11.3 Å². The fourth-order valence-electron chi connectivity index (χ4n) is 2.17. The standard InChI is InChI=1S/C15H21NO4/c1-10(16-15(2,8-17)9-18)13-7-11-5-4-6-12(19-3)14(11)20-13/h4-7,10,16-18H,8-9H2,1-3H3. The monoisotopic (exact) mass is 279 g/mol. The zero-order valence-electron chi connectivity index (χ0n) is 12.0. The minimum Gasteiger partial charge on any atom is -0.493 e. The van der Waals surface area contributed by atoms with E-state index in [9.17, 15) is 10.2 Å². The molecule has 0 amide bonds. The largest absolute Gasteiger partial charge is 0.493 e. The Morgan fingerprint density at radius 3 is 2.65 bits per heavy atom. The van der Waals surface area contributed by atoms with E-state index in [1.54, 1.807) is 14.0 Å². The van der Waals surface area contributed by atoms with Gasteiger partial charge < -0.3 is 19.4 Å². The number of ether oxygens (including phenoxy) is 1. The number of benzene rings is 1. The smallest absolute Gasteiger partial charge is 0.176 e. The fourth-order valence-corrected chi connectivity index (χ4v) is 2.17. The Bertz CT molecular complexity index is 574. The predicted molar refractivity (Wildman–Crippen MR) is 76.9 cm³/mol. The first-order chi connectivity index (χ1) is 9.53. The first kappa shape index (κ1) is 14.8. The number of fused-ring (bicyclic) bond motifs is 1. The van der Waals surface area contributed by atoms with Gasteiger partial charge in [-0.15, -0.1) is 0 Å². The molecule has 1 aromatic carbocycles. The summed E-state index contributed by atoms with van der Waals surface area (Å²) in [6.07, 6.45) is 0. The van der Waals surface area contributed by atoms with Gasteiger partial charge in [0.25, 0.3) is 0 Å². The molecular formula is C15H21NO4. The summed E-state index contributed by atoms with van der Waals surface area (Å²) < 4.78 is 11.1. The quantitative estimate of drug-likeness (QED) is 0.752. The zero-order chi connectivity index (χ0) is 14.8. The molecule has 0 aliphatic carbocycles. The average molecular weight is 279 g/mol. The summed E-state index contributed by atoms with van der Waals surface area (Å²) in [6.45, 7) is 3.37. The van der Waals surface area contributed by atoms with Crippen LogP contribution in [0.5, 0.6) is 5.75 Å². The lowest BCUT2D eigenvalue weighted by Gasteiger charge is -2.29. The summed E-state index contributed by atoms with van der Waals surface area (Å²) in [7, 11) is 1.60. The third-order valence-corrected chi connectivity index (χ3v) is 3.44. The minimum absolute atomic E-state index is 0.142. The molecule has 0 saturated heterocycles. The van der Waals surface area contributed by atoms with Crippen LogP contribution in [0.4, 0.5) is 0 Å². The Morgan fingerprint density at radius 1 is 1.35 bits per heavy atom. The molecule has 1 unspecified atom stereocenters. The van der Waals surface area contributed by atoms with Crippen LogP contribution < -0.4 is 10.1 Å². The van der Waals surface area contributed by atoms with Crippen molar-refractivity contribution in [2.45, 2.75) is 25.4 Å². The predicted octanol–water partition coefficient (Wildman–Crippen LogP) is 1.84. The van der Waals surface area contributed by atoms with Crippen LogP contribution in [0.1, 0.15) is 25.6 Å². The van der Waals surface area contributed by atoms with Crippen molar-refractivity contribution in [3.05, 3.63) is 30.0 Å². The molecule has 0 bridgehead atoms. The Hall–Kier alpha value is -1.56. The van der Waals surface area contributed by atoms with Gasteiger partial charge in [0, 0.05) is 5.39 Å². The van der Waals surface area contributed by atoms with Crippen LogP contribution in [-0.4, -0.2) is 36.1 Å². The van der Waals surface area contributed by atoms with Gasteiger partial charge in [0.1, 0.15) is 5.76 Å². The van der Waals surface area contributed by atoms with E-state index in [0.29, 0.717) is 11.3 Å². The molecule has 0 fully saturated rings. The second kappa shape index (κ2) is 5.83. The first-order valence-corrected chi connectivity index (χ1v) is 6.59. The van der Waals surface area contributed by atoms with Gasteiger partial charge in [-0.05, 0) is 26.0 Å². The molecule has 1 atom stereocenters. The number of hydrogen-bond donors (Lipinski definition) is 3. The van der Waals surface area contributed by atoms with E-state index < -0.39 is 5.54 Å². The van der Waals surface area contributed by atoms with Crippen LogP contribution in [0.25, 0.3) is 11.0 Å². The number of para-hydroxylation sites is 1. The van der Waals surface area contributed by atoms with Crippen molar-refractivity contribution >= 4 is 11.0 Å². The summed E-state index contributed by atoms with van der Waals surface area (Å²) >= 11 is 0. The van der Waals surface area contributed by atoms with Crippen molar-refractivity contribution in [3.8, 4) is 5.75 Å². The van der Waals surface area contributed by atoms with Crippen LogP contribution in [0.2, 0.25) is 0 Å². The third-order valence-electron chi connectivity index (χ3n) is 3.44. The van der Waals surface area contributed by atoms with Crippen LogP contribution in [0.15, 0.2) is 28.7 Å². The Kier molecular flexibility index (Phi) is 4.32. The molecule has 2 aromatic rings. The van der Waals surface area contributed by atoms with Gasteiger partial charge in [0.05, 0.1) is 31.9 Å². The van der Waals surface area contributed by atoms with Crippen molar-refractivity contribution in [1.29, 1.82) is 0 Å². The Morgan fingerprint density at radius 2 is 2.05 bits per heavy atom. The molecule has 5 heteroatoms. The van der Waals surface area contributed by atoms with E-state index >= 15 is 0 Å². The summed E-state index contributed by atoms with van der Waals surface area (Å²) in [5.74, 6) is 1.42. The highest BCUT2D eigenvalue weighted by molar-refractivity contribution is 5.83. The summed E-state index contributed by atoms with van der Waals surface area (Å²) in [6, 6.07) is 7.50. The number of aliphatic hydroxyl groups is 2. The van der Waals surface area contributed by atoms with Crippen LogP contribution in [0.3, 0.4) is 0 Å². The number of aliphatic hydroxyl groups excluding tert-OH is 2. The molecule has 2 rings (SSSR count). The van der Waals surface area contributed by atoms with Crippen molar-refractivity contribution in [3.63, 3.8) is 0 Å². The molecule has 0 spiro atoms. The molecule has 3 N–H and O–H groups in total. The van der Waals surface area contributed by atoms with E-state index in [1.165, 1.54) is 0 Å². The molecule has 5 nitrogen and oxygen atoms in total. The number of furan rings is 1. The van der Waals surface area contributed by atoms with Crippen LogP contribution in [0, 0.1) is 0 Å². The molecule has 1 aromatic heterocycles. The SMILES string of the molecule is COc1cccc2cc(C(C)NC(C)(CO)CO)oc12. The molecule has 1 heterocycles. The minimum atomic E-state index is -0.748. The number of methoxy groups -OCH3 is 1. The topological polar surface area (TPSA) is 74.9 Å². The Labute approximate surface area is 118 Å². The summed E-state index contributed by atoms with van der Waals surface area (Å²) in [5, 5.41) is 22.8. The lowest BCUT2D eigenvalue weighted by atomic mass is 10.0. The highest BCUT2D eigenvalue weighted by Gasteiger charge is 2.26. The second-order valence-corrected chi connectivity index (χ2v) is 5.27. The second-order valence-electron chi connectivity index (χ2n) is 5.27. The van der Waals surface area contributed by atoms with E-state index in [0.717, 1.165) is 11.1 Å². The van der Waals surface area contributed by atoms with Gasteiger partial charge in [-0.3, -0.25) is 5.32 Å². The van der Waals surface area contributed by atoms with Crippen LogP contribution >= 0.6 is 0 Å². The maximum absolute atomic E-state index is 9.33. The fraction of sp³-hybridized carbons (Fsp3) is 0.467. The van der Waals surface area contributed by atoms with Gasteiger partial charge in [-0.1, -0.05) is 12.1 Å². The maximum Gasteiger partial charge on any atom is 0.176 e. The number of nitrogens with one attached hydrogen (secondary N) is 1. The lowest BCUT2D eigenvalue weighted by molar-refractivity contribution is 0.0934. The highest BCUT2D eigenvalue weighted by atomic mass is 16.5. The first-order valence-electron chi connectivity index (χ1n) is 6.59. The highest BCUT2D eigenvalue weighted by Crippen LogP contribution is 2.31. The van der Waals surface area contributed by atoms with E-state index in [-0.39, 0.29) is 19.3 Å². The van der Waals surface area contributed by atoms with Crippen molar-refractivity contribution < 1.29 is 19.4 Å². The molecule has 0 aliphatic heterocycles. The van der Waals surface area contributed by atoms with Crippen LogP contribution in [-0.2, 0) is 0 Å². The molecule has 20 heavy (non-hydrogen) atoms.